The number of anilines is 2. The molecule has 0 unspecified atom stereocenters. The third-order valence-corrected chi connectivity index (χ3v) is 7.95. The average Bonchev–Trinajstić information content (AvgIpc) is 3.11. The molecule has 0 aliphatic heterocycles. The van der Waals surface area contributed by atoms with E-state index in [0.717, 1.165) is 44.8 Å². The van der Waals surface area contributed by atoms with E-state index in [2.05, 4.69) is 19.7 Å². The fraction of sp³-hybridized carbons (Fsp3) is 0.350. The lowest BCUT2D eigenvalue weighted by molar-refractivity contribution is -0.135. The van der Waals surface area contributed by atoms with Gasteiger partial charge in [-0.3, -0.25) is 4.79 Å². The molecule has 30 heavy (non-hydrogen) atoms. The maximum Gasteiger partial charge on any atom is 0.225 e. The number of benzene rings is 1. The van der Waals surface area contributed by atoms with Crippen LogP contribution in [0, 0.1) is 5.92 Å². The Kier molecular flexibility index (Phi) is 5.14. The average molecular weight is 462 g/mol. The predicted octanol–water partition coefficient (Wildman–Crippen LogP) is 4.19. The number of aromatic nitrogens is 3. The highest BCUT2D eigenvalue weighted by Crippen LogP contribution is 2.41. The number of aliphatic hydroxyl groups is 1. The van der Waals surface area contributed by atoms with Crippen molar-refractivity contribution in [3.05, 3.63) is 33.9 Å². The van der Waals surface area contributed by atoms with Gasteiger partial charge >= 0.3 is 0 Å². The summed E-state index contributed by atoms with van der Waals surface area (Å²) in [6.45, 7) is 0.344. The lowest BCUT2D eigenvalue weighted by Gasteiger charge is -2.26. The first-order chi connectivity index (χ1) is 14.5. The molecule has 10 heteroatoms. The third kappa shape index (κ3) is 3.35. The summed E-state index contributed by atoms with van der Waals surface area (Å²) in [5.41, 5.74) is 3.08. The minimum Gasteiger partial charge on any atom is -0.395 e. The first-order valence-electron chi connectivity index (χ1n) is 9.69. The Labute approximate surface area is 185 Å². The molecule has 1 atom stereocenters. The van der Waals surface area contributed by atoms with Crippen LogP contribution in [0.1, 0.15) is 16.9 Å². The first kappa shape index (κ1) is 19.7. The van der Waals surface area contributed by atoms with Crippen LogP contribution in [0.5, 0.6) is 0 Å². The highest BCUT2D eigenvalue weighted by Gasteiger charge is 2.30. The second-order valence-corrected chi connectivity index (χ2v) is 9.83. The van der Waals surface area contributed by atoms with Crippen molar-refractivity contribution in [2.75, 3.05) is 25.5 Å². The van der Waals surface area contributed by atoms with Crippen molar-refractivity contribution in [3.63, 3.8) is 0 Å². The molecule has 0 radical (unpaired) electrons. The Morgan fingerprint density at radius 1 is 1.43 bits per heavy atom. The quantitative estimate of drug-likeness (QED) is 0.414. The molecule has 0 saturated carbocycles. The number of aliphatic hydroxyl groups excluding tert-OH is 1. The number of carbonyl (C=O) groups is 1. The number of nitrogens with zero attached hydrogens (tertiary/aromatic N) is 3. The minimum absolute atomic E-state index is 0.0203. The summed E-state index contributed by atoms with van der Waals surface area (Å²) in [4.78, 5) is 25.4. The normalized spacial score (nSPS) is 16.2. The molecular formula is C20H20ClN5O2S2. The predicted molar refractivity (Wildman–Crippen MR) is 122 cm³/mol. The molecule has 4 aromatic rings. The number of amides is 1. The maximum atomic E-state index is 12.7. The number of hydrogen-bond acceptors (Lipinski definition) is 7. The number of nitrogens with one attached hydrogen (secondary N) is 2. The first-order valence-corrected chi connectivity index (χ1v) is 11.7. The Morgan fingerprint density at radius 2 is 2.30 bits per heavy atom. The molecule has 5 rings (SSSR count). The number of carbonyl (C=O) groups excluding carboxylic acids is 1. The fourth-order valence-electron chi connectivity index (χ4n) is 3.99. The molecule has 3 N–H and O–H groups in total. The Balaban J connectivity index is 1.47. The zero-order valence-electron chi connectivity index (χ0n) is 16.2. The number of rotatable bonds is 5. The zero-order valence-corrected chi connectivity index (χ0v) is 18.6. The summed E-state index contributed by atoms with van der Waals surface area (Å²) < 4.78 is 4.30. The molecule has 1 amide bonds. The molecule has 156 valence electrons. The lowest BCUT2D eigenvalue weighted by atomic mass is 9.87. The molecule has 0 spiro atoms. The molecule has 0 fully saturated rings. The topological polar surface area (TPSA) is 94.1 Å². The minimum atomic E-state index is -0.0570. The van der Waals surface area contributed by atoms with E-state index in [1.165, 1.54) is 10.4 Å². The second kappa shape index (κ2) is 7.81. The van der Waals surface area contributed by atoms with Crippen LogP contribution >= 0.6 is 34.5 Å². The second-order valence-electron chi connectivity index (χ2n) is 7.49. The highest BCUT2D eigenvalue weighted by atomic mass is 35.5. The van der Waals surface area contributed by atoms with E-state index in [1.807, 2.05) is 12.1 Å². The van der Waals surface area contributed by atoms with Crippen molar-refractivity contribution in [1.82, 2.24) is 19.2 Å². The van der Waals surface area contributed by atoms with Crippen LogP contribution < -0.4 is 5.32 Å². The molecule has 1 aliphatic rings. The Morgan fingerprint density at radius 3 is 3.07 bits per heavy atom. The van der Waals surface area contributed by atoms with Crippen LogP contribution in [-0.4, -0.2) is 50.5 Å². The van der Waals surface area contributed by atoms with Gasteiger partial charge in [0.1, 0.15) is 17.0 Å². The van der Waals surface area contributed by atoms with Crippen LogP contribution in [-0.2, 0) is 17.6 Å². The third-order valence-electron chi connectivity index (χ3n) is 5.60. The molecule has 0 saturated heterocycles. The number of aryl methyl sites for hydroxylation is 1. The van der Waals surface area contributed by atoms with Crippen LogP contribution in [0.4, 0.5) is 11.5 Å². The lowest BCUT2D eigenvalue weighted by Crippen LogP contribution is -2.37. The van der Waals surface area contributed by atoms with Crippen molar-refractivity contribution in [1.29, 1.82) is 0 Å². The van der Waals surface area contributed by atoms with Gasteiger partial charge in [0.15, 0.2) is 0 Å². The van der Waals surface area contributed by atoms with Gasteiger partial charge in [0, 0.05) is 24.4 Å². The number of H-pyrrole nitrogens is 1. The van der Waals surface area contributed by atoms with Gasteiger partial charge in [0.2, 0.25) is 5.91 Å². The van der Waals surface area contributed by atoms with Crippen molar-refractivity contribution in [3.8, 4) is 0 Å². The number of thiophene rings is 1. The zero-order chi connectivity index (χ0) is 20.8. The van der Waals surface area contributed by atoms with Gasteiger partial charge in [-0.15, -0.1) is 11.3 Å². The van der Waals surface area contributed by atoms with Crippen LogP contribution in [0.15, 0.2) is 18.5 Å². The van der Waals surface area contributed by atoms with E-state index in [1.54, 1.807) is 41.1 Å². The van der Waals surface area contributed by atoms with Gasteiger partial charge in [-0.25, -0.2) is 9.97 Å². The van der Waals surface area contributed by atoms with Gasteiger partial charge in [0.05, 0.1) is 32.9 Å². The van der Waals surface area contributed by atoms with Crippen molar-refractivity contribution < 1.29 is 9.90 Å². The maximum absolute atomic E-state index is 12.7. The molecule has 3 heterocycles. The monoisotopic (exact) mass is 461 g/mol. The Bertz CT molecular complexity index is 1250. The largest absolute Gasteiger partial charge is 0.395 e. The van der Waals surface area contributed by atoms with E-state index in [0.29, 0.717) is 18.0 Å². The number of hydrogen-bond donors (Lipinski definition) is 3. The van der Waals surface area contributed by atoms with Crippen molar-refractivity contribution >= 4 is 72.3 Å². The standard InChI is InChI=1S/C20H20ClN5O2S2/c1-26(4-5-27)20(28)10-2-3-11-15(6-10)29-19-17(11)18(22-9-23-19)24-13-8-16-14(25-30-16)7-12(13)21/h7-10,25,27H,2-6H2,1H3,(H,22,23,24)/t10-/m0/s1. The van der Waals surface area contributed by atoms with Crippen LogP contribution in [0.2, 0.25) is 5.02 Å². The van der Waals surface area contributed by atoms with Gasteiger partial charge < -0.3 is 19.7 Å². The van der Waals surface area contributed by atoms with E-state index in [-0.39, 0.29) is 18.4 Å². The molecule has 7 nitrogen and oxygen atoms in total. The van der Waals surface area contributed by atoms with E-state index in [9.17, 15) is 4.79 Å². The van der Waals surface area contributed by atoms with Crippen LogP contribution in [0.25, 0.3) is 20.4 Å². The summed E-state index contributed by atoms with van der Waals surface area (Å²) in [5, 5.41) is 14.2. The van der Waals surface area contributed by atoms with Crippen molar-refractivity contribution in [2.24, 2.45) is 5.92 Å². The number of halogens is 1. The number of fused-ring (bicyclic) bond motifs is 4. The molecular weight excluding hydrogens is 442 g/mol. The van der Waals surface area contributed by atoms with Crippen molar-refractivity contribution in [2.45, 2.75) is 19.3 Å². The molecule has 3 aromatic heterocycles. The highest BCUT2D eigenvalue weighted by molar-refractivity contribution is 7.19. The number of likely N-dealkylation sites (N-methyl/N-ethyl adjacent to an activating group) is 1. The SMILES string of the molecule is CN(CCO)C(=O)[C@H]1CCc2c(sc3ncnc(Nc4cc5s[nH]c5cc4Cl)c23)C1. The van der Waals surface area contributed by atoms with Gasteiger partial charge in [-0.1, -0.05) is 23.1 Å². The summed E-state index contributed by atoms with van der Waals surface area (Å²) in [6.07, 6.45) is 3.85. The van der Waals surface area contributed by atoms with E-state index in [4.69, 9.17) is 16.7 Å². The number of aromatic amines is 1. The fourth-order valence-corrected chi connectivity index (χ4v) is 6.10. The Hall–Kier alpha value is -2.20. The smallest absolute Gasteiger partial charge is 0.225 e. The molecule has 1 aromatic carbocycles. The van der Waals surface area contributed by atoms with Gasteiger partial charge in [-0.2, -0.15) is 0 Å². The summed E-state index contributed by atoms with van der Waals surface area (Å²) in [7, 11) is 1.75. The summed E-state index contributed by atoms with van der Waals surface area (Å²) >= 11 is 9.65. The summed E-state index contributed by atoms with van der Waals surface area (Å²) in [5.74, 6) is 0.786. The van der Waals surface area contributed by atoms with E-state index >= 15 is 0 Å². The van der Waals surface area contributed by atoms with Gasteiger partial charge in [-0.05, 0) is 37.0 Å². The molecule has 1 aliphatic carbocycles. The summed E-state index contributed by atoms with van der Waals surface area (Å²) in [6, 6.07) is 3.94. The van der Waals surface area contributed by atoms with Gasteiger partial charge in [0.25, 0.3) is 0 Å². The molecule has 0 bridgehead atoms. The van der Waals surface area contributed by atoms with E-state index < -0.39 is 0 Å². The van der Waals surface area contributed by atoms with Crippen LogP contribution in [0.3, 0.4) is 0 Å².